The molecule has 0 aromatic carbocycles. The summed E-state index contributed by atoms with van der Waals surface area (Å²) in [6.45, 7) is 1.36. The van der Waals surface area contributed by atoms with E-state index in [0.29, 0.717) is 39.6 Å². The van der Waals surface area contributed by atoms with Gasteiger partial charge < -0.3 is 21.1 Å². The Morgan fingerprint density at radius 3 is 2.88 bits per heavy atom. The summed E-state index contributed by atoms with van der Waals surface area (Å²) in [6.07, 6.45) is 0.000917. The third-order valence-electron chi connectivity index (χ3n) is 5.11. The summed E-state index contributed by atoms with van der Waals surface area (Å²) in [6, 6.07) is -0.782. The number of thioether (sulfide) groups is 2. The molecule has 1 saturated heterocycles. The second-order valence-electron chi connectivity index (χ2n) is 7.84. The van der Waals surface area contributed by atoms with Crippen molar-refractivity contribution in [1.82, 2.24) is 40.3 Å². The quantitative estimate of drug-likeness (QED) is 0.265. The molecule has 2 amide bonds. The average molecular weight is 526 g/mol. The number of carbonyl (C=O) groups is 3. The SMILES string of the molecule is CN(C)CCn1nnnc1SCC1=C(C(=O)O)N2C(=O)[C@H](NC(=O)Cc3csc(N)n3)[C@@H]2SC1. The number of tetrazole rings is 1. The number of nitrogen functional groups attached to an aromatic ring is 1. The Hall–Kier alpha value is -2.69. The van der Waals surface area contributed by atoms with Gasteiger partial charge in [0.05, 0.1) is 18.7 Å². The number of carbonyl (C=O) groups excluding carboxylic acids is 2. The molecule has 182 valence electrons. The molecule has 0 saturated carbocycles. The molecule has 16 heteroatoms. The number of nitrogens with two attached hydrogens (primary N) is 1. The van der Waals surface area contributed by atoms with Crippen LogP contribution in [-0.2, 0) is 27.3 Å². The number of thiazole rings is 1. The summed E-state index contributed by atoms with van der Waals surface area (Å²) in [5.74, 6) is -1.24. The van der Waals surface area contributed by atoms with Crippen molar-refractivity contribution >= 4 is 57.8 Å². The minimum atomic E-state index is -1.18. The second-order valence-corrected chi connectivity index (χ2v) is 10.8. The highest BCUT2D eigenvalue weighted by molar-refractivity contribution is 8.01. The second kappa shape index (κ2) is 10.3. The molecule has 13 nitrogen and oxygen atoms in total. The summed E-state index contributed by atoms with van der Waals surface area (Å²) in [5, 5.41) is 26.4. The summed E-state index contributed by atoms with van der Waals surface area (Å²) in [7, 11) is 3.90. The number of aromatic nitrogens is 5. The van der Waals surface area contributed by atoms with Crippen molar-refractivity contribution in [2.24, 2.45) is 0 Å². The molecule has 0 bridgehead atoms. The molecule has 0 aliphatic carbocycles. The van der Waals surface area contributed by atoms with E-state index in [9.17, 15) is 19.5 Å². The van der Waals surface area contributed by atoms with E-state index in [1.807, 2.05) is 19.0 Å². The van der Waals surface area contributed by atoms with Crippen molar-refractivity contribution in [2.45, 2.75) is 29.5 Å². The van der Waals surface area contributed by atoms with E-state index in [4.69, 9.17) is 5.73 Å². The number of rotatable bonds is 10. The molecular formula is C18H23N9O4S3. The third kappa shape index (κ3) is 5.18. The van der Waals surface area contributed by atoms with Gasteiger partial charge in [-0.25, -0.2) is 14.5 Å². The molecule has 0 spiro atoms. The van der Waals surface area contributed by atoms with Crippen LogP contribution in [0, 0.1) is 0 Å². The van der Waals surface area contributed by atoms with Gasteiger partial charge in [-0.2, -0.15) is 0 Å². The third-order valence-corrected chi connectivity index (χ3v) is 8.22. The van der Waals surface area contributed by atoms with Gasteiger partial charge in [-0.15, -0.1) is 28.2 Å². The number of aliphatic carboxylic acids is 1. The van der Waals surface area contributed by atoms with Gasteiger partial charge in [-0.1, -0.05) is 11.8 Å². The Bertz CT molecular complexity index is 1130. The van der Waals surface area contributed by atoms with Crippen LogP contribution in [-0.4, -0.2) is 101 Å². The van der Waals surface area contributed by atoms with Gasteiger partial charge in [0.25, 0.3) is 5.91 Å². The van der Waals surface area contributed by atoms with Crippen LogP contribution in [0.25, 0.3) is 0 Å². The lowest BCUT2D eigenvalue weighted by atomic mass is 10.0. The maximum absolute atomic E-state index is 12.8. The normalized spacial score (nSPS) is 19.9. The first kappa shape index (κ1) is 24.4. The van der Waals surface area contributed by atoms with E-state index >= 15 is 0 Å². The van der Waals surface area contributed by atoms with Crippen molar-refractivity contribution in [3.8, 4) is 0 Å². The number of carboxylic acid groups (broad SMARTS) is 1. The lowest BCUT2D eigenvalue weighted by molar-refractivity contribution is -0.150. The first-order valence-electron chi connectivity index (χ1n) is 10.2. The van der Waals surface area contributed by atoms with Crippen molar-refractivity contribution in [3.05, 3.63) is 22.3 Å². The number of amides is 2. The lowest BCUT2D eigenvalue weighted by Crippen LogP contribution is -2.70. The zero-order valence-corrected chi connectivity index (χ0v) is 20.8. The van der Waals surface area contributed by atoms with Gasteiger partial charge in [0.15, 0.2) is 5.13 Å². The highest BCUT2D eigenvalue weighted by atomic mass is 32.2. The number of β-lactam (4-membered cyclic amide) rings is 1. The summed E-state index contributed by atoms with van der Waals surface area (Å²) < 4.78 is 1.67. The summed E-state index contributed by atoms with van der Waals surface area (Å²) in [5.41, 5.74) is 6.68. The number of carboxylic acids is 1. The molecule has 2 aliphatic rings. The maximum atomic E-state index is 12.8. The first-order valence-corrected chi connectivity index (χ1v) is 13.1. The minimum Gasteiger partial charge on any atom is -0.477 e. The Balaban J connectivity index is 1.41. The van der Waals surface area contributed by atoms with Gasteiger partial charge in [0, 0.05) is 23.4 Å². The molecular weight excluding hydrogens is 502 g/mol. The molecule has 2 aliphatic heterocycles. The van der Waals surface area contributed by atoms with Crippen LogP contribution in [0.15, 0.2) is 21.8 Å². The molecule has 4 N–H and O–H groups in total. The molecule has 4 heterocycles. The van der Waals surface area contributed by atoms with Crippen molar-refractivity contribution < 1.29 is 19.5 Å². The number of hydrogen-bond acceptors (Lipinski definition) is 12. The van der Waals surface area contributed by atoms with Gasteiger partial charge in [0.1, 0.15) is 17.1 Å². The highest BCUT2D eigenvalue weighted by Crippen LogP contribution is 2.41. The number of likely N-dealkylation sites (N-methyl/N-ethyl adjacent to an activating group) is 1. The smallest absolute Gasteiger partial charge is 0.352 e. The zero-order valence-electron chi connectivity index (χ0n) is 18.4. The predicted octanol–water partition coefficient (Wildman–Crippen LogP) is -0.653. The van der Waals surface area contributed by atoms with E-state index in [1.165, 1.54) is 39.8 Å². The van der Waals surface area contributed by atoms with Crippen LogP contribution >= 0.6 is 34.9 Å². The average Bonchev–Trinajstić information content (AvgIpc) is 3.41. The van der Waals surface area contributed by atoms with Crippen LogP contribution in [0.2, 0.25) is 0 Å². The molecule has 1 fully saturated rings. The summed E-state index contributed by atoms with van der Waals surface area (Å²) in [4.78, 5) is 44.5. The predicted molar refractivity (Wildman–Crippen MR) is 127 cm³/mol. The van der Waals surface area contributed by atoms with Gasteiger partial charge in [-0.05, 0) is 30.1 Å². The highest BCUT2D eigenvalue weighted by Gasteiger charge is 2.54. The Morgan fingerprint density at radius 1 is 1.41 bits per heavy atom. The van der Waals surface area contributed by atoms with Crippen LogP contribution in [0.5, 0.6) is 0 Å². The Morgan fingerprint density at radius 2 is 2.21 bits per heavy atom. The fourth-order valence-electron chi connectivity index (χ4n) is 3.47. The topological polar surface area (TPSA) is 172 Å². The maximum Gasteiger partial charge on any atom is 0.352 e. The Kier molecular flexibility index (Phi) is 7.39. The van der Waals surface area contributed by atoms with E-state index in [-0.39, 0.29) is 18.0 Å². The first-order chi connectivity index (χ1) is 16.2. The van der Waals surface area contributed by atoms with E-state index < -0.39 is 23.3 Å². The number of hydrogen-bond donors (Lipinski definition) is 3. The van der Waals surface area contributed by atoms with Crippen molar-refractivity contribution in [2.75, 3.05) is 37.9 Å². The number of nitrogens with one attached hydrogen (secondary N) is 1. The van der Waals surface area contributed by atoms with Crippen LogP contribution in [0.1, 0.15) is 5.69 Å². The van der Waals surface area contributed by atoms with Gasteiger partial charge >= 0.3 is 5.97 Å². The van der Waals surface area contributed by atoms with Crippen LogP contribution < -0.4 is 11.1 Å². The molecule has 2 aromatic rings. The van der Waals surface area contributed by atoms with E-state index in [2.05, 4.69) is 25.8 Å². The van der Waals surface area contributed by atoms with Crippen LogP contribution in [0.3, 0.4) is 0 Å². The Labute approximate surface area is 207 Å². The van der Waals surface area contributed by atoms with Gasteiger partial charge in [0.2, 0.25) is 11.1 Å². The molecule has 2 aromatic heterocycles. The monoisotopic (exact) mass is 525 g/mol. The molecule has 2 atom stereocenters. The van der Waals surface area contributed by atoms with Crippen LogP contribution in [0.4, 0.5) is 5.13 Å². The fraction of sp³-hybridized carbons (Fsp3) is 0.500. The minimum absolute atomic E-state index is 0.000917. The largest absolute Gasteiger partial charge is 0.477 e. The van der Waals surface area contributed by atoms with Crippen molar-refractivity contribution in [3.63, 3.8) is 0 Å². The molecule has 0 unspecified atom stereocenters. The molecule has 34 heavy (non-hydrogen) atoms. The molecule has 0 radical (unpaired) electrons. The van der Waals surface area contributed by atoms with Crippen molar-refractivity contribution in [1.29, 1.82) is 0 Å². The lowest BCUT2D eigenvalue weighted by Gasteiger charge is -2.49. The number of fused-ring (bicyclic) bond motifs is 1. The summed E-state index contributed by atoms with van der Waals surface area (Å²) >= 11 is 3.98. The van der Waals surface area contributed by atoms with E-state index in [1.54, 1.807) is 10.1 Å². The number of nitrogens with zero attached hydrogens (tertiary/aromatic N) is 7. The number of anilines is 1. The molecule has 4 rings (SSSR count). The standard InChI is InChI=1S/C18H23N9O4S3/c1-25(2)3-4-26-18(22-23-24-26)34-7-9-6-32-15-12(14(29)27(15)13(9)16(30)31)21-11(28)5-10-8-33-17(19)20-10/h8,12,15H,3-7H2,1-2H3,(H2,19,20)(H,21,28)(H,30,31)/t12-,15-/m0/s1. The van der Waals surface area contributed by atoms with Gasteiger partial charge in [-0.3, -0.25) is 14.5 Å². The zero-order chi connectivity index (χ0) is 24.4. The fourth-order valence-corrected chi connectivity index (χ4v) is 6.42. The van der Waals surface area contributed by atoms with E-state index in [0.717, 1.165) is 6.54 Å².